The average Bonchev–Trinajstić information content (AvgIpc) is 2.95. The van der Waals surface area contributed by atoms with E-state index in [1.807, 2.05) is 25.1 Å². The van der Waals surface area contributed by atoms with Crippen molar-refractivity contribution in [2.45, 2.75) is 42.0 Å². The molecule has 1 N–H and O–H groups in total. The van der Waals surface area contributed by atoms with E-state index in [9.17, 15) is 21.6 Å². The van der Waals surface area contributed by atoms with Crippen LogP contribution in [0.3, 0.4) is 0 Å². The number of carbonyl (C=O) groups excluding carboxylic acids is 1. The number of carbonyl (C=O) groups is 1. The fraction of sp³-hybridized carbons (Fsp3) is 0.333. The molecular formula is C30H36N4O5S2. The smallest absolute Gasteiger partial charge is 0.250 e. The predicted molar refractivity (Wildman–Crippen MR) is 161 cm³/mol. The molecule has 4 rings (SSSR count). The van der Waals surface area contributed by atoms with Crippen molar-refractivity contribution >= 4 is 37.5 Å². The largest absolute Gasteiger partial charge is 0.312 e. The van der Waals surface area contributed by atoms with Crippen LogP contribution in [0.5, 0.6) is 0 Å². The molecule has 3 aromatic rings. The molecule has 9 nitrogen and oxygen atoms in total. The number of nitrogens with one attached hydrogen (secondary N) is 1. The molecule has 0 atom stereocenters. The van der Waals surface area contributed by atoms with Crippen molar-refractivity contribution in [2.24, 2.45) is 0 Å². The van der Waals surface area contributed by atoms with E-state index < -0.39 is 19.9 Å². The molecule has 0 unspecified atom stereocenters. The number of rotatable bonds is 10. The van der Waals surface area contributed by atoms with Crippen LogP contribution in [0, 0.1) is 6.92 Å². The van der Waals surface area contributed by atoms with Gasteiger partial charge in [-0.05, 0) is 93.0 Å². The van der Waals surface area contributed by atoms with E-state index in [4.69, 9.17) is 0 Å². The minimum atomic E-state index is -3.70. The molecule has 1 amide bonds. The van der Waals surface area contributed by atoms with Gasteiger partial charge in [-0.15, -0.1) is 0 Å². The molecule has 11 heteroatoms. The van der Waals surface area contributed by atoms with Crippen LogP contribution in [0.1, 0.15) is 29.8 Å². The van der Waals surface area contributed by atoms with Gasteiger partial charge in [0.1, 0.15) is 0 Å². The third kappa shape index (κ3) is 8.56. The summed E-state index contributed by atoms with van der Waals surface area (Å²) in [4.78, 5) is 21.3. The average molecular weight is 597 g/mol. The zero-order chi connectivity index (χ0) is 29.6. The Kier molecular flexibility index (Phi) is 9.75. The molecule has 0 radical (unpaired) electrons. The summed E-state index contributed by atoms with van der Waals surface area (Å²) in [7, 11) is -5.39. The maximum Gasteiger partial charge on any atom is 0.250 e. The number of piperidine rings is 1. The van der Waals surface area contributed by atoms with Gasteiger partial charge in [-0.1, -0.05) is 18.2 Å². The Labute approximate surface area is 242 Å². The van der Waals surface area contributed by atoms with Crippen molar-refractivity contribution < 1.29 is 21.6 Å². The van der Waals surface area contributed by atoms with E-state index in [-0.39, 0.29) is 21.7 Å². The molecule has 218 valence electrons. The molecule has 0 saturated carbocycles. The van der Waals surface area contributed by atoms with Gasteiger partial charge in [0, 0.05) is 55.5 Å². The summed E-state index contributed by atoms with van der Waals surface area (Å²) in [5, 5.41) is 0. The number of likely N-dealkylation sites (tertiary alicyclic amines) is 1. The number of aryl methyl sites for hydroxylation is 1. The number of sulfone groups is 1. The molecule has 1 aliphatic rings. The highest BCUT2D eigenvalue weighted by Crippen LogP contribution is 2.20. The SMILES string of the molecule is Cc1cccc(CCN2CCC(NS(=O)(=O)c3ccc(N(C)C(=O)/C=C/c4ccc(S(C)(=O)=O)cc4)cc3)CC2)n1. The van der Waals surface area contributed by atoms with Crippen LogP contribution < -0.4 is 9.62 Å². The second-order valence-electron chi connectivity index (χ2n) is 10.3. The fourth-order valence-electron chi connectivity index (χ4n) is 4.65. The minimum absolute atomic E-state index is 0.131. The lowest BCUT2D eigenvalue weighted by Crippen LogP contribution is -2.45. The zero-order valence-electron chi connectivity index (χ0n) is 23.5. The standard InChI is InChI=1S/C30H36N4O5S2/c1-23-5-4-6-25(31-23)17-20-34-21-18-26(19-22-34)32-41(38,39)29-14-10-27(11-15-29)33(2)30(35)16-9-24-7-12-28(13-8-24)40(3,36)37/h4-16,26,32H,17-22H2,1-3H3/b16-9+. The van der Waals surface area contributed by atoms with Gasteiger partial charge in [0.15, 0.2) is 9.84 Å². The summed E-state index contributed by atoms with van der Waals surface area (Å²) in [6.45, 7) is 4.52. The van der Waals surface area contributed by atoms with Gasteiger partial charge < -0.3 is 9.80 Å². The van der Waals surface area contributed by atoms with Gasteiger partial charge in [-0.25, -0.2) is 21.6 Å². The van der Waals surface area contributed by atoms with Gasteiger partial charge in [0.2, 0.25) is 10.0 Å². The first-order valence-corrected chi connectivity index (χ1v) is 16.8. The van der Waals surface area contributed by atoms with Crippen LogP contribution in [0.2, 0.25) is 0 Å². The Morgan fingerprint density at radius 3 is 2.22 bits per heavy atom. The third-order valence-electron chi connectivity index (χ3n) is 7.13. The molecule has 2 heterocycles. The quantitative estimate of drug-likeness (QED) is 0.357. The highest BCUT2D eigenvalue weighted by atomic mass is 32.2. The molecule has 0 bridgehead atoms. The van der Waals surface area contributed by atoms with Crippen LogP contribution in [0.4, 0.5) is 5.69 Å². The number of benzene rings is 2. The van der Waals surface area contributed by atoms with Crippen molar-refractivity contribution in [1.82, 2.24) is 14.6 Å². The van der Waals surface area contributed by atoms with Gasteiger partial charge in [0.25, 0.3) is 5.91 Å². The van der Waals surface area contributed by atoms with Crippen molar-refractivity contribution in [2.75, 3.05) is 37.8 Å². The zero-order valence-corrected chi connectivity index (χ0v) is 25.2. The van der Waals surface area contributed by atoms with E-state index in [1.54, 1.807) is 37.4 Å². The molecule has 2 aromatic carbocycles. The number of aromatic nitrogens is 1. The molecule has 1 fully saturated rings. The first-order chi connectivity index (χ1) is 19.4. The summed E-state index contributed by atoms with van der Waals surface area (Å²) < 4.78 is 52.1. The minimum Gasteiger partial charge on any atom is -0.312 e. The van der Waals surface area contributed by atoms with Crippen LogP contribution in [-0.4, -0.2) is 71.6 Å². The highest BCUT2D eigenvalue weighted by Gasteiger charge is 2.25. The number of hydrogen-bond acceptors (Lipinski definition) is 7. The first-order valence-electron chi connectivity index (χ1n) is 13.4. The van der Waals surface area contributed by atoms with E-state index in [1.165, 1.54) is 35.2 Å². The van der Waals surface area contributed by atoms with Gasteiger partial charge >= 0.3 is 0 Å². The number of likely N-dealkylation sites (N-methyl/N-ethyl adjacent to an activating group) is 1. The monoisotopic (exact) mass is 596 g/mol. The van der Waals surface area contributed by atoms with Crippen LogP contribution >= 0.6 is 0 Å². The maximum absolute atomic E-state index is 13.0. The van der Waals surface area contributed by atoms with E-state index in [0.29, 0.717) is 11.3 Å². The third-order valence-corrected chi connectivity index (χ3v) is 9.80. The number of nitrogens with zero attached hydrogens (tertiary/aromatic N) is 3. The second-order valence-corrected chi connectivity index (χ2v) is 14.1. The Morgan fingerprint density at radius 1 is 0.976 bits per heavy atom. The van der Waals surface area contributed by atoms with Gasteiger partial charge in [-0.3, -0.25) is 9.78 Å². The molecular weight excluding hydrogens is 560 g/mol. The topological polar surface area (TPSA) is 117 Å². The Bertz CT molecular complexity index is 1600. The highest BCUT2D eigenvalue weighted by molar-refractivity contribution is 7.90. The van der Waals surface area contributed by atoms with Crippen molar-refractivity contribution in [3.63, 3.8) is 0 Å². The summed E-state index contributed by atoms with van der Waals surface area (Å²) in [6, 6.07) is 18.3. The Balaban J connectivity index is 1.28. The Morgan fingerprint density at radius 2 is 1.61 bits per heavy atom. The molecule has 1 aromatic heterocycles. The normalized spacial score (nSPS) is 15.3. The fourth-order valence-corrected chi connectivity index (χ4v) is 6.59. The molecule has 1 saturated heterocycles. The molecule has 0 spiro atoms. The number of pyridine rings is 1. The lowest BCUT2D eigenvalue weighted by Gasteiger charge is -2.32. The summed E-state index contributed by atoms with van der Waals surface area (Å²) >= 11 is 0. The van der Waals surface area contributed by atoms with E-state index in [0.717, 1.165) is 56.5 Å². The number of hydrogen-bond donors (Lipinski definition) is 1. The molecule has 41 heavy (non-hydrogen) atoms. The lowest BCUT2D eigenvalue weighted by molar-refractivity contribution is -0.113. The van der Waals surface area contributed by atoms with Crippen LogP contribution in [0.25, 0.3) is 6.08 Å². The van der Waals surface area contributed by atoms with Gasteiger partial charge in [-0.2, -0.15) is 0 Å². The first kappa shape index (κ1) is 30.6. The van der Waals surface area contributed by atoms with Gasteiger partial charge in [0.05, 0.1) is 9.79 Å². The number of amides is 1. The van der Waals surface area contributed by atoms with E-state index >= 15 is 0 Å². The van der Waals surface area contributed by atoms with Crippen LogP contribution in [0.15, 0.2) is 82.6 Å². The molecule has 0 aliphatic carbocycles. The van der Waals surface area contributed by atoms with Crippen LogP contribution in [-0.2, 0) is 31.1 Å². The van der Waals surface area contributed by atoms with Crippen molar-refractivity contribution in [3.05, 3.63) is 89.8 Å². The molecule has 1 aliphatic heterocycles. The number of anilines is 1. The summed E-state index contributed by atoms with van der Waals surface area (Å²) in [6.07, 6.45) is 6.46. The number of sulfonamides is 1. The van der Waals surface area contributed by atoms with E-state index in [2.05, 4.69) is 14.6 Å². The van der Waals surface area contributed by atoms with Crippen molar-refractivity contribution in [1.29, 1.82) is 0 Å². The maximum atomic E-state index is 13.0. The lowest BCUT2D eigenvalue weighted by atomic mass is 10.1. The second kappa shape index (κ2) is 13.1. The predicted octanol–water partition coefficient (Wildman–Crippen LogP) is 3.46. The van der Waals surface area contributed by atoms with Crippen molar-refractivity contribution in [3.8, 4) is 0 Å². The summed E-state index contributed by atoms with van der Waals surface area (Å²) in [5.74, 6) is -0.309. The summed E-state index contributed by atoms with van der Waals surface area (Å²) in [5.41, 5.74) is 3.30. The Hall–Kier alpha value is -3.38.